The van der Waals surface area contributed by atoms with Crippen molar-refractivity contribution in [3.8, 4) is 0 Å². The Kier molecular flexibility index (Phi) is 22.0. The molecule has 0 saturated heterocycles. The van der Waals surface area contributed by atoms with Gasteiger partial charge in [0.05, 0.1) is 0 Å². The highest BCUT2D eigenvalue weighted by molar-refractivity contribution is 5.21. The molecule has 1 atom stereocenters. The fourth-order valence-corrected chi connectivity index (χ4v) is 6.37. The van der Waals surface area contributed by atoms with Gasteiger partial charge in [-0.15, -0.1) is 0 Å². The lowest BCUT2D eigenvalue weighted by molar-refractivity contribution is 0.149. The van der Waals surface area contributed by atoms with Crippen LogP contribution in [0.1, 0.15) is 186 Å². The SMILES string of the molecule is CCCCCCCCCCCCCCCCN1C=CN(CCCCCCCCCCCCC)C1c1ccccc1. The molecular formula is C38H68N2. The van der Waals surface area contributed by atoms with E-state index >= 15 is 0 Å². The average molecular weight is 553 g/mol. The molecule has 1 aliphatic heterocycles. The van der Waals surface area contributed by atoms with Crippen LogP contribution in [0.4, 0.5) is 0 Å². The topological polar surface area (TPSA) is 6.48 Å². The van der Waals surface area contributed by atoms with Gasteiger partial charge in [-0.25, -0.2) is 0 Å². The molecule has 0 aromatic heterocycles. The minimum atomic E-state index is 0.395. The van der Waals surface area contributed by atoms with Crippen molar-refractivity contribution in [2.75, 3.05) is 13.1 Å². The van der Waals surface area contributed by atoms with Crippen LogP contribution in [0.15, 0.2) is 42.7 Å². The van der Waals surface area contributed by atoms with Crippen molar-refractivity contribution < 1.29 is 0 Å². The molecule has 0 spiro atoms. The maximum atomic E-state index is 2.61. The van der Waals surface area contributed by atoms with Crippen molar-refractivity contribution in [1.29, 1.82) is 0 Å². The molecule has 0 radical (unpaired) electrons. The molecule has 1 unspecified atom stereocenters. The molecule has 1 aliphatic rings. The number of nitrogens with zero attached hydrogens (tertiary/aromatic N) is 2. The monoisotopic (exact) mass is 553 g/mol. The molecule has 1 aromatic rings. The van der Waals surface area contributed by atoms with Crippen LogP contribution in [0.3, 0.4) is 0 Å². The minimum Gasteiger partial charge on any atom is -0.352 e. The Morgan fingerprint density at radius 2 is 0.700 bits per heavy atom. The molecule has 0 fully saturated rings. The van der Waals surface area contributed by atoms with Crippen molar-refractivity contribution in [1.82, 2.24) is 9.80 Å². The molecular weight excluding hydrogens is 484 g/mol. The average Bonchev–Trinajstić information content (AvgIpc) is 3.39. The van der Waals surface area contributed by atoms with E-state index in [-0.39, 0.29) is 0 Å². The molecule has 0 aliphatic carbocycles. The first-order chi connectivity index (χ1) is 19.9. The van der Waals surface area contributed by atoms with Gasteiger partial charge in [0.1, 0.15) is 6.17 Å². The molecule has 0 N–H and O–H groups in total. The quantitative estimate of drug-likeness (QED) is 0.0954. The van der Waals surface area contributed by atoms with Gasteiger partial charge >= 0.3 is 0 Å². The van der Waals surface area contributed by atoms with E-state index < -0.39 is 0 Å². The molecule has 40 heavy (non-hydrogen) atoms. The molecule has 2 nitrogen and oxygen atoms in total. The summed E-state index contributed by atoms with van der Waals surface area (Å²) in [4.78, 5) is 5.21. The third kappa shape index (κ3) is 16.7. The lowest BCUT2D eigenvalue weighted by Crippen LogP contribution is -2.32. The summed E-state index contributed by atoms with van der Waals surface area (Å²) < 4.78 is 0. The van der Waals surface area contributed by atoms with Crippen molar-refractivity contribution in [3.63, 3.8) is 0 Å². The summed E-state index contributed by atoms with van der Waals surface area (Å²) in [5.74, 6) is 0. The van der Waals surface area contributed by atoms with E-state index in [9.17, 15) is 0 Å². The Morgan fingerprint density at radius 3 is 1.02 bits per heavy atom. The maximum Gasteiger partial charge on any atom is 0.127 e. The van der Waals surface area contributed by atoms with Crippen LogP contribution in [0.5, 0.6) is 0 Å². The summed E-state index contributed by atoms with van der Waals surface area (Å²) >= 11 is 0. The third-order valence-electron chi connectivity index (χ3n) is 8.97. The van der Waals surface area contributed by atoms with Crippen LogP contribution < -0.4 is 0 Å². The highest BCUT2D eigenvalue weighted by Gasteiger charge is 2.26. The van der Waals surface area contributed by atoms with Crippen molar-refractivity contribution in [2.45, 2.75) is 181 Å². The zero-order valence-electron chi connectivity index (χ0n) is 27.1. The van der Waals surface area contributed by atoms with Crippen LogP contribution in [-0.4, -0.2) is 22.9 Å². The van der Waals surface area contributed by atoms with Gasteiger partial charge in [0.2, 0.25) is 0 Å². The summed E-state index contributed by atoms with van der Waals surface area (Å²) in [6.45, 7) is 6.98. The predicted octanol–water partition coefficient (Wildman–Crippen LogP) is 12.6. The second-order valence-corrected chi connectivity index (χ2v) is 12.7. The van der Waals surface area contributed by atoms with Gasteiger partial charge in [-0.05, 0) is 18.4 Å². The van der Waals surface area contributed by atoms with E-state index in [1.54, 1.807) is 0 Å². The van der Waals surface area contributed by atoms with Gasteiger partial charge in [0.15, 0.2) is 0 Å². The second kappa shape index (κ2) is 25.3. The number of unbranched alkanes of at least 4 members (excludes halogenated alkanes) is 23. The molecule has 0 bridgehead atoms. The molecule has 230 valence electrons. The lowest BCUT2D eigenvalue weighted by atomic mass is 10.0. The van der Waals surface area contributed by atoms with Gasteiger partial charge < -0.3 is 9.80 Å². The van der Waals surface area contributed by atoms with E-state index in [4.69, 9.17) is 0 Å². The second-order valence-electron chi connectivity index (χ2n) is 12.7. The van der Waals surface area contributed by atoms with Gasteiger partial charge in [-0.3, -0.25) is 0 Å². The molecule has 2 heteroatoms. The van der Waals surface area contributed by atoms with E-state index in [2.05, 4.69) is 66.4 Å². The number of rotatable bonds is 28. The first-order valence-electron chi connectivity index (χ1n) is 18.1. The molecule has 2 rings (SSSR count). The minimum absolute atomic E-state index is 0.395. The van der Waals surface area contributed by atoms with Crippen molar-refractivity contribution >= 4 is 0 Å². The highest BCUT2D eigenvalue weighted by Crippen LogP contribution is 2.31. The molecule has 1 aromatic carbocycles. The van der Waals surface area contributed by atoms with Crippen LogP contribution in [-0.2, 0) is 0 Å². The largest absolute Gasteiger partial charge is 0.352 e. The van der Waals surface area contributed by atoms with Crippen LogP contribution in [0, 0.1) is 0 Å². The molecule has 1 heterocycles. The Balaban J connectivity index is 1.53. The zero-order chi connectivity index (χ0) is 28.4. The van der Waals surface area contributed by atoms with E-state index in [1.165, 1.54) is 179 Å². The predicted molar refractivity (Wildman–Crippen MR) is 179 cm³/mol. The van der Waals surface area contributed by atoms with Crippen LogP contribution >= 0.6 is 0 Å². The lowest BCUT2D eigenvalue weighted by Gasteiger charge is -2.33. The third-order valence-corrected chi connectivity index (χ3v) is 8.97. The van der Waals surface area contributed by atoms with Crippen molar-refractivity contribution in [3.05, 3.63) is 48.3 Å². The summed E-state index contributed by atoms with van der Waals surface area (Å²) in [6, 6.07) is 11.2. The number of benzene rings is 1. The highest BCUT2D eigenvalue weighted by atomic mass is 15.4. The van der Waals surface area contributed by atoms with Gasteiger partial charge in [-0.2, -0.15) is 0 Å². The standard InChI is InChI=1S/C38H68N2/c1-3-5-7-9-11-13-15-16-17-19-21-23-25-30-34-40-36-35-39(38(40)37-31-27-26-28-32-37)33-29-24-22-20-18-14-12-10-8-6-4-2/h26-28,31-32,35-36,38H,3-25,29-30,33-34H2,1-2H3. The smallest absolute Gasteiger partial charge is 0.127 e. The van der Waals surface area contributed by atoms with Crippen molar-refractivity contribution in [2.24, 2.45) is 0 Å². The Bertz CT molecular complexity index is 684. The Morgan fingerprint density at radius 1 is 0.400 bits per heavy atom. The summed E-state index contributed by atoms with van der Waals surface area (Å²) in [5, 5.41) is 0. The summed E-state index contributed by atoms with van der Waals surface area (Å²) in [5.41, 5.74) is 1.45. The fraction of sp³-hybridized carbons (Fsp3) is 0.789. The molecule has 0 amide bonds. The summed E-state index contributed by atoms with van der Waals surface area (Å²) in [7, 11) is 0. The van der Waals surface area contributed by atoms with E-state index in [1.807, 2.05) is 0 Å². The number of hydrogen-bond acceptors (Lipinski definition) is 2. The van der Waals surface area contributed by atoms with Gasteiger partial charge in [0, 0.05) is 25.5 Å². The maximum absolute atomic E-state index is 2.61. The number of hydrogen-bond donors (Lipinski definition) is 0. The normalized spacial score (nSPS) is 15.0. The first kappa shape index (κ1) is 34.8. The summed E-state index contributed by atoms with van der Waals surface area (Å²) in [6.07, 6.45) is 40.7. The van der Waals surface area contributed by atoms with E-state index in [0.29, 0.717) is 6.17 Å². The van der Waals surface area contributed by atoms with E-state index in [0.717, 1.165) is 0 Å². The van der Waals surface area contributed by atoms with Crippen LogP contribution in [0.2, 0.25) is 0 Å². The fourth-order valence-electron chi connectivity index (χ4n) is 6.37. The van der Waals surface area contributed by atoms with Gasteiger partial charge in [0.25, 0.3) is 0 Å². The van der Waals surface area contributed by atoms with Crippen LogP contribution in [0.25, 0.3) is 0 Å². The first-order valence-corrected chi connectivity index (χ1v) is 18.1. The zero-order valence-corrected chi connectivity index (χ0v) is 27.1. The Labute approximate surface area is 251 Å². The van der Waals surface area contributed by atoms with Gasteiger partial charge in [-0.1, -0.05) is 192 Å². The Hall–Kier alpha value is -1.44. The molecule has 0 saturated carbocycles.